The number of carbonyl (C=O) groups excluding carboxylic acids is 2. The third-order valence-corrected chi connectivity index (χ3v) is 4.02. The summed E-state index contributed by atoms with van der Waals surface area (Å²) in [6, 6.07) is 14.4. The van der Waals surface area contributed by atoms with Gasteiger partial charge in [0.2, 0.25) is 0 Å². The second-order valence-corrected chi connectivity index (χ2v) is 7.87. The average Bonchev–Trinajstić information content (AvgIpc) is 2.53. The first-order valence-corrected chi connectivity index (χ1v) is 9.10. The van der Waals surface area contributed by atoms with Crippen LogP contribution in [0.5, 0.6) is 0 Å². The number of ether oxygens (including phenoxy) is 1. The molecule has 1 atom stereocenters. The summed E-state index contributed by atoms with van der Waals surface area (Å²) in [7, 11) is 0. The third kappa shape index (κ3) is 6.19. The maximum atomic E-state index is 12.5. The maximum absolute atomic E-state index is 12.5. The van der Waals surface area contributed by atoms with E-state index in [-0.39, 0.29) is 11.9 Å². The Hall–Kier alpha value is -2.34. The monoisotopic (exact) mass is 418 g/mol. The molecule has 0 aromatic heterocycles. The molecular formula is C20H23BrN2O3. The molecule has 6 heteroatoms. The highest BCUT2D eigenvalue weighted by atomic mass is 79.9. The molecule has 0 aliphatic rings. The smallest absolute Gasteiger partial charge is 0.412 e. The fraction of sp³-hybridized carbons (Fsp3) is 0.300. The van der Waals surface area contributed by atoms with Gasteiger partial charge < -0.3 is 10.1 Å². The van der Waals surface area contributed by atoms with E-state index in [4.69, 9.17) is 4.74 Å². The van der Waals surface area contributed by atoms with Gasteiger partial charge in [0.15, 0.2) is 0 Å². The van der Waals surface area contributed by atoms with Crippen LogP contribution in [0.2, 0.25) is 0 Å². The first kappa shape index (κ1) is 20.0. The van der Waals surface area contributed by atoms with E-state index >= 15 is 0 Å². The fourth-order valence-corrected chi connectivity index (χ4v) is 2.54. The Bertz CT molecular complexity index is 782. The molecule has 0 unspecified atom stereocenters. The highest BCUT2D eigenvalue weighted by molar-refractivity contribution is 9.10. The number of rotatable bonds is 4. The second kappa shape index (κ2) is 8.36. The topological polar surface area (TPSA) is 67.4 Å². The van der Waals surface area contributed by atoms with Crippen molar-refractivity contribution in [3.63, 3.8) is 0 Å². The highest BCUT2D eigenvalue weighted by Crippen LogP contribution is 2.18. The van der Waals surface area contributed by atoms with Crippen LogP contribution in [0.15, 0.2) is 53.0 Å². The van der Waals surface area contributed by atoms with Crippen molar-refractivity contribution in [2.75, 3.05) is 5.32 Å². The molecule has 0 radical (unpaired) electrons. The number of benzene rings is 2. The van der Waals surface area contributed by atoms with Crippen molar-refractivity contribution in [1.82, 2.24) is 5.32 Å². The van der Waals surface area contributed by atoms with Crippen LogP contribution in [-0.2, 0) is 4.74 Å². The van der Waals surface area contributed by atoms with Gasteiger partial charge in [-0.25, -0.2) is 4.79 Å². The minimum Gasteiger partial charge on any atom is -0.444 e. The van der Waals surface area contributed by atoms with E-state index in [0.29, 0.717) is 11.3 Å². The number of carbonyl (C=O) groups is 2. The maximum Gasteiger partial charge on any atom is 0.412 e. The number of amides is 2. The van der Waals surface area contributed by atoms with E-state index in [1.165, 1.54) is 0 Å². The molecule has 138 valence electrons. The molecule has 2 N–H and O–H groups in total. The number of halogens is 1. The summed E-state index contributed by atoms with van der Waals surface area (Å²) in [5.74, 6) is -0.215. The first-order chi connectivity index (χ1) is 12.1. The van der Waals surface area contributed by atoms with Crippen LogP contribution >= 0.6 is 15.9 Å². The fourth-order valence-electron chi connectivity index (χ4n) is 2.27. The average molecular weight is 419 g/mol. The van der Waals surface area contributed by atoms with Gasteiger partial charge in [-0.1, -0.05) is 34.1 Å². The molecule has 0 fully saturated rings. The van der Waals surface area contributed by atoms with Crippen LogP contribution in [0.25, 0.3) is 0 Å². The lowest BCUT2D eigenvalue weighted by Crippen LogP contribution is -2.28. The van der Waals surface area contributed by atoms with Crippen LogP contribution in [0.4, 0.5) is 10.5 Å². The minimum atomic E-state index is -0.584. The molecule has 2 aromatic rings. The van der Waals surface area contributed by atoms with E-state index in [9.17, 15) is 9.59 Å². The summed E-state index contributed by atoms with van der Waals surface area (Å²) >= 11 is 3.40. The Labute approximate surface area is 162 Å². The lowest BCUT2D eigenvalue weighted by molar-refractivity contribution is 0.0635. The number of anilines is 1. The van der Waals surface area contributed by atoms with E-state index < -0.39 is 11.7 Å². The lowest BCUT2D eigenvalue weighted by atomic mass is 10.1. The highest BCUT2D eigenvalue weighted by Gasteiger charge is 2.17. The number of hydrogen-bond acceptors (Lipinski definition) is 3. The first-order valence-electron chi connectivity index (χ1n) is 8.30. The molecule has 2 rings (SSSR count). The predicted octanol–water partition coefficient (Wildman–Crippen LogP) is 5.29. The molecule has 0 saturated heterocycles. The molecule has 0 aliphatic carbocycles. The van der Waals surface area contributed by atoms with Crippen molar-refractivity contribution in [1.29, 1.82) is 0 Å². The normalized spacial score (nSPS) is 12.2. The SMILES string of the molecule is C[C@H](NC(=O)c1cccc(NC(=O)OC(C)(C)C)c1)c1ccc(Br)cc1. The van der Waals surface area contributed by atoms with E-state index in [2.05, 4.69) is 26.6 Å². The zero-order valence-corrected chi connectivity index (χ0v) is 16.9. The molecule has 2 amide bonds. The van der Waals surface area contributed by atoms with Gasteiger partial charge in [-0.3, -0.25) is 10.1 Å². The molecule has 26 heavy (non-hydrogen) atoms. The number of nitrogens with one attached hydrogen (secondary N) is 2. The van der Waals surface area contributed by atoms with Gasteiger partial charge in [0.1, 0.15) is 5.60 Å². The Balaban J connectivity index is 2.03. The van der Waals surface area contributed by atoms with Crippen LogP contribution < -0.4 is 10.6 Å². The lowest BCUT2D eigenvalue weighted by Gasteiger charge is -2.20. The van der Waals surface area contributed by atoms with Gasteiger partial charge in [0.05, 0.1) is 6.04 Å². The number of hydrogen-bond donors (Lipinski definition) is 2. The third-order valence-electron chi connectivity index (χ3n) is 3.49. The molecule has 0 bridgehead atoms. The van der Waals surface area contributed by atoms with Crippen molar-refractivity contribution < 1.29 is 14.3 Å². The van der Waals surface area contributed by atoms with Crippen molar-refractivity contribution in [2.45, 2.75) is 39.3 Å². The Kier molecular flexibility index (Phi) is 6.42. The summed E-state index contributed by atoms with van der Waals surface area (Å²) < 4.78 is 6.21. The standard InChI is InChI=1S/C20H23BrN2O3/c1-13(14-8-10-16(21)11-9-14)22-18(24)15-6-5-7-17(12-15)23-19(25)26-20(2,3)4/h5-13H,1-4H3,(H,22,24)(H,23,25)/t13-/m0/s1. The summed E-state index contributed by atoms with van der Waals surface area (Å²) in [5.41, 5.74) is 1.38. The Morgan fingerprint density at radius 2 is 1.73 bits per heavy atom. The molecular weight excluding hydrogens is 396 g/mol. The van der Waals surface area contributed by atoms with Gasteiger partial charge >= 0.3 is 6.09 Å². The molecule has 0 aliphatic heterocycles. The molecule has 0 spiro atoms. The van der Waals surface area contributed by atoms with Gasteiger partial charge in [0.25, 0.3) is 5.91 Å². The van der Waals surface area contributed by atoms with Crippen molar-refractivity contribution in [2.24, 2.45) is 0 Å². The van der Waals surface area contributed by atoms with Crippen molar-refractivity contribution in [3.8, 4) is 0 Å². The van der Waals surface area contributed by atoms with Crippen molar-refractivity contribution >= 4 is 33.6 Å². The Morgan fingerprint density at radius 3 is 2.35 bits per heavy atom. The van der Waals surface area contributed by atoms with Crippen molar-refractivity contribution in [3.05, 3.63) is 64.1 Å². The Morgan fingerprint density at radius 1 is 1.08 bits per heavy atom. The molecule has 0 saturated carbocycles. The zero-order chi connectivity index (χ0) is 19.3. The van der Waals surface area contributed by atoms with E-state index in [0.717, 1.165) is 10.0 Å². The summed E-state index contributed by atoms with van der Waals surface area (Å²) in [5, 5.41) is 5.59. The summed E-state index contributed by atoms with van der Waals surface area (Å²) in [4.78, 5) is 24.4. The summed E-state index contributed by atoms with van der Waals surface area (Å²) in [6.45, 7) is 7.30. The largest absolute Gasteiger partial charge is 0.444 e. The van der Waals surface area contributed by atoms with E-state index in [1.54, 1.807) is 45.0 Å². The quantitative estimate of drug-likeness (QED) is 0.708. The summed E-state index contributed by atoms with van der Waals surface area (Å²) in [6.07, 6.45) is -0.557. The predicted molar refractivity (Wildman–Crippen MR) is 106 cm³/mol. The van der Waals surface area contributed by atoms with Crippen LogP contribution in [0.3, 0.4) is 0 Å². The van der Waals surface area contributed by atoms with Crippen LogP contribution in [0, 0.1) is 0 Å². The van der Waals surface area contributed by atoms with Gasteiger partial charge in [-0.2, -0.15) is 0 Å². The van der Waals surface area contributed by atoms with Gasteiger partial charge in [0, 0.05) is 15.7 Å². The van der Waals surface area contributed by atoms with Gasteiger partial charge in [-0.15, -0.1) is 0 Å². The molecule has 0 heterocycles. The molecule has 2 aromatic carbocycles. The van der Waals surface area contributed by atoms with Crippen LogP contribution in [-0.4, -0.2) is 17.6 Å². The molecule has 5 nitrogen and oxygen atoms in total. The second-order valence-electron chi connectivity index (χ2n) is 6.95. The van der Waals surface area contributed by atoms with Crippen LogP contribution in [0.1, 0.15) is 49.7 Å². The minimum absolute atomic E-state index is 0.141. The van der Waals surface area contributed by atoms with E-state index in [1.807, 2.05) is 31.2 Å². The zero-order valence-electron chi connectivity index (χ0n) is 15.3. The van der Waals surface area contributed by atoms with Gasteiger partial charge in [-0.05, 0) is 63.6 Å².